The highest BCUT2D eigenvalue weighted by molar-refractivity contribution is 4.96. The summed E-state index contributed by atoms with van der Waals surface area (Å²) in [4.78, 5) is 2.46. The molecule has 7 heteroatoms. The zero-order valence-electron chi connectivity index (χ0n) is 14.6. The molecule has 134 valence electrons. The van der Waals surface area contributed by atoms with E-state index in [1.807, 2.05) is 0 Å². The molecule has 3 aliphatic rings. The van der Waals surface area contributed by atoms with Gasteiger partial charge in [0.15, 0.2) is 5.82 Å². The average Bonchev–Trinajstić information content (AvgIpc) is 3.34. The van der Waals surface area contributed by atoms with Crippen LogP contribution in [0.3, 0.4) is 0 Å². The Morgan fingerprint density at radius 3 is 2.62 bits per heavy atom. The van der Waals surface area contributed by atoms with Crippen molar-refractivity contribution in [3.8, 4) is 0 Å². The maximum Gasteiger partial charge on any atom is 0.168 e. The molecule has 2 saturated heterocycles. The summed E-state index contributed by atoms with van der Waals surface area (Å²) in [5, 5.41) is 12.7. The van der Waals surface area contributed by atoms with E-state index < -0.39 is 0 Å². The quantitative estimate of drug-likeness (QED) is 0.840. The molecule has 3 atom stereocenters. The first-order chi connectivity index (χ1) is 11.8. The van der Waals surface area contributed by atoms with Gasteiger partial charge < -0.3 is 9.47 Å². The van der Waals surface area contributed by atoms with Crippen LogP contribution in [0.25, 0.3) is 0 Å². The molecular formula is C17H29N5O2. The molecule has 0 bridgehead atoms. The van der Waals surface area contributed by atoms with Crippen LogP contribution in [0.2, 0.25) is 0 Å². The average molecular weight is 335 g/mol. The van der Waals surface area contributed by atoms with Gasteiger partial charge in [-0.3, -0.25) is 4.90 Å². The number of morpholine rings is 1. The molecule has 2 aliphatic heterocycles. The third kappa shape index (κ3) is 3.34. The zero-order chi connectivity index (χ0) is 16.4. The van der Waals surface area contributed by atoms with Crippen LogP contribution in [-0.4, -0.2) is 63.6 Å². The fourth-order valence-electron chi connectivity index (χ4n) is 4.39. The molecule has 0 unspecified atom stereocenters. The van der Waals surface area contributed by atoms with Crippen LogP contribution in [-0.2, 0) is 9.47 Å². The molecule has 0 aromatic carbocycles. The van der Waals surface area contributed by atoms with Gasteiger partial charge in [-0.2, -0.15) is 0 Å². The lowest BCUT2D eigenvalue weighted by Crippen LogP contribution is -2.48. The summed E-state index contributed by atoms with van der Waals surface area (Å²) in [6, 6.07) is 0.691. The highest BCUT2D eigenvalue weighted by Crippen LogP contribution is 2.31. The Labute approximate surface area is 143 Å². The molecule has 3 heterocycles. The maximum atomic E-state index is 5.98. The SMILES string of the molecule is C[C@H](c1nnnn1C1CCCCC1)N1CCO[C@H]([C@@H]2CCCO2)C1. The lowest BCUT2D eigenvalue weighted by atomic mass is 9.95. The molecule has 0 amide bonds. The molecule has 0 spiro atoms. The van der Waals surface area contributed by atoms with Gasteiger partial charge in [-0.1, -0.05) is 19.3 Å². The van der Waals surface area contributed by atoms with Gasteiger partial charge in [-0.05, 0) is 43.0 Å². The van der Waals surface area contributed by atoms with Crippen molar-refractivity contribution < 1.29 is 9.47 Å². The van der Waals surface area contributed by atoms with Crippen LogP contribution in [0, 0.1) is 0 Å². The van der Waals surface area contributed by atoms with Gasteiger partial charge in [0, 0.05) is 19.7 Å². The minimum absolute atomic E-state index is 0.183. The van der Waals surface area contributed by atoms with Crippen LogP contribution in [0.15, 0.2) is 0 Å². The standard InChI is InChI=1S/C17H29N5O2/c1-13(17-18-19-20-22(17)14-6-3-2-4-7-14)21-9-11-24-16(12-21)15-8-5-10-23-15/h13-16H,2-12H2,1H3/t13-,15+,16+/m1/s1. The molecule has 1 aromatic heterocycles. The van der Waals surface area contributed by atoms with E-state index in [0.717, 1.165) is 45.0 Å². The number of rotatable bonds is 4. The normalized spacial score (nSPS) is 31.4. The number of aromatic nitrogens is 4. The summed E-state index contributed by atoms with van der Waals surface area (Å²) in [5.41, 5.74) is 0. The molecule has 0 N–H and O–H groups in total. The lowest BCUT2D eigenvalue weighted by Gasteiger charge is -2.38. The summed E-state index contributed by atoms with van der Waals surface area (Å²) >= 11 is 0. The molecular weight excluding hydrogens is 306 g/mol. The van der Waals surface area contributed by atoms with Crippen LogP contribution in [0.4, 0.5) is 0 Å². The second kappa shape index (κ2) is 7.45. The molecule has 4 rings (SSSR count). The number of hydrogen-bond acceptors (Lipinski definition) is 6. The Hall–Kier alpha value is -1.05. The highest BCUT2D eigenvalue weighted by atomic mass is 16.5. The van der Waals surface area contributed by atoms with Crippen LogP contribution in [0.5, 0.6) is 0 Å². The number of ether oxygens (including phenoxy) is 2. The molecule has 1 aliphatic carbocycles. The fraction of sp³-hybridized carbons (Fsp3) is 0.941. The Balaban J connectivity index is 1.45. The van der Waals surface area contributed by atoms with E-state index in [0.29, 0.717) is 6.04 Å². The molecule has 24 heavy (non-hydrogen) atoms. The zero-order valence-corrected chi connectivity index (χ0v) is 14.6. The van der Waals surface area contributed by atoms with Crippen molar-refractivity contribution in [2.75, 3.05) is 26.3 Å². The molecule has 1 saturated carbocycles. The van der Waals surface area contributed by atoms with Crippen LogP contribution < -0.4 is 0 Å². The molecule has 3 fully saturated rings. The van der Waals surface area contributed by atoms with Gasteiger partial charge in [0.05, 0.1) is 30.9 Å². The highest BCUT2D eigenvalue weighted by Gasteiger charge is 2.34. The summed E-state index contributed by atoms with van der Waals surface area (Å²) in [5.74, 6) is 1.01. The molecule has 1 aromatic rings. The van der Waals surface area contributed by atoms with Crippen molar-refractivity contribution in [1.82, 2.24) is 25.1 Å². The fourth-order valence-corrected chi connectivity index (χ4v) is 4.39. The van der Waals surface area contributed by atoms with Crippen molar-refractivity contribution >= 4 is 0 Å². The van der Waals surface area contributed by atoms with E-state index in [-0.39, 0.29) is 18.2 Å². The van der Waals surface area contributed by atoms with Crippen molar-refractivity contribution in [3.63, 3.8) is 0 Å². The van der Waals surface area contributed by atoms with E-state index in [2.05, 4.69) is 32.0 Å². The van der Waals surface area contributed by atoms with Crippen molar-refractivity contribution in [2.45, 2.75) is 76.2 Å². The monoisotopic (exact) mass is 335 g/mol. The Morgan fingerprint density at radius 2 is 1.83 bits per heavy atom. The minimum atomic E-state index is 0.183. The van der Waals surface area contributed by atoms with Gasteiger partial charge in [0.25, 0.3) is 0 Å². The topological polar surface area (TPSA) is 65.3 Å². The van der Waals surface area contributed by atoms with Gasteiger partial charge in [-0.15, -0.1) is 5.10 Å². The van der Waals surface area contributed by atoms with E-state index >= 15 is 0 Å². The Morgan fingerprint density at radius 1 is 1.00 bits per heavy atom. The first kappa shape index (κ1) is 16.4. The number of nitrogens with zero attached hydrogens (tertiary/aromatic N) is 5. The third-order valence-electron chi connectivity index (χ3n) is 5.86. The summed E-state index contributed by atoms with van der Waals surface area (Å²) < 4.78 is 13.9. The second-order valence-corrected chi connectivity index (χ2v) is 7.41. The second-order valence-electron chi connectivity index (χ2n) is 7.41. The molecule has 0 radical (unpaired) electrons. The Bertz CT molecular complexity index is 525. The minimum Gasteiger partial charge on any atom is -0.375 e. The van der Waals surface area contributed by atoms with Crippen molar-refractivity contribution in [3.05, 3.63) is 5.82 Å². The first-order valence-corrected chi connectivity index (χ1v) is 9.58. The van der Waals surface area contributed by atoms with E-state index in [4.69, 9.17) is 9.47 Å². The first-order valence-electron chi connectivity index (χ1n) is 9.58. The summed E-state index contributed by atoms with van der Waals surface area (Å²) in [6.45, 7) is 5.70. The maximum absolute atomic E-state index is 5.98. The number of tetrazole rings is 1. The van der Waals surface area contributed by atoms with Crippen molar-refractivity contribution in [1.29, 1.82) is 0 Å². The smallest absolute Gasteiger partial charge is 0.168 e. The molecule has 7 nitrogen and oxygen atoms in total. The van der Waals surface area contributed by atoms with E-state index in [1.54, 1.807) is 0 Å². The van der Waals surface area contributed by atoms with Crippen LogP contribution in [0.1, 0.15) is 69.8 Å². The predicted octanol–water partition coefficient (Wildman–Crippen LogP) is 2.12. The number of hydrogen-bond donors (Lipinski definition) is 0. The largest absolute Gasteiger partial charge is 0.375 e. The van der Waals surface area contributed by atoms with E-state index in [1.165, 1.54) is 32.1 Å². The van der Waals surface area contributed by atoms with Gasteiger partial charge >= 0.3 is 0 Å². The lowest BCUT2D eigenvalue weighted by molar-refractivity contribution is -0.103. The van der Waals surface area contributed by atoms with Crippen LogP contribution >= 0.6 is 0 Å². The van der Waals surface area contributed by atoms with Gasteiger partial charge in [0.2, 0.25) is 0 Å². The van der Waals surface area contributed by atoms with E-state index in [9.17, 15) is 0 Å². The third-order valence-corrected chi connectivity index (χ3v) is 5.86. The van der Waals surface area contributed by atoms with Crippen molar-refractivity contribution in [2.24, 2.45) is 0 Å². The van der Waals surface area contributed by atoms with Gasteiger partial charge in [-0.25, -0.2) is 4.68 Å². The summed E-state index contributed by atoms with van der Waals surface area (Å²) in [7, 11) is 0. The Kier molecular flexibility index (Phi) is 5.10. The van der Waals surface area contributed by atoms with Gasteiger partial charge in [0.1, 0.15) is 0 Å². The predicted molar refractivity (Wildman–Crippen MR) is 88.6 cm³/mol. The summed E-state index contributed by atoms with van der Waals surface area (Å²) in [6.07, 6.45) is 9.03.